The molecule has 0 saturated heterocycles. The second kappa shape index (κ2) is 6.21. The van der Waals surface area contributed by atoms with E-state index in [2.05, 4.69) is 15.4 Å². The molecule has 0 bridgehead atoms. The van der Waals surface area contributed by atoms with E-state index in [0.717, 1.165) is 12.1 Å². The van der Waals surface area contributed by atoms with Gasteiger partial charge in [0.15, 0.2) is 0 Å². The molecule has 21 heavy (non-hydrogen) atoms. The summed E-state index contributed by atoms with van der Waals surface area (Å²) < 4.78 is 7.14. The van der Waals surface area contributed by atoms with Crippen molar-refractivity contribution in [3.8, 4) is 11.8 Å². The van der Waals surface area contributed by atoms with Gasteiger partial charge in [-0.2, -0.15) is 10.1 Å². The molecule has 8 nitrogen and oxygen atoms in total. The summed E-state index contributed by atoms with van der Waals surface area (Å²) in [6, 6.07) is 4.41. The van der Waals surface area contributed by atoms with E-state index in [0.29, 0.717) is 18.2 Å². The number of hydrogen-bond acceptors (Lipinski definition) is 6. The number of aromatic nitrogens is 3. The Balaban J connectivity index is 2.30. The first-order chi connectivity index (χ1) is 9.99. The molecule has 0 saturated carbocycles. The molecular weight excluding hydrogens is 274 g/mol. The van der Waals surface area contributed by atoms with Crippen LogP contribution in [0, 0.1) is 17.0 Å². The summed E-state index contributed by atoms with van der Waals surface area (Å²) in [5.41, 5.74) is 0.722. The van der Waals surface area contributed by atoms with Crippen LogP contribution in [0.1, 0.15) is 19.0 Å². The van der Waals surface area contributed by atoms with Crippen LogP contribution in [0.15, 0.2) is 18.2 Å². The van der Waals surface area contributed by atoms with Crippen LogP contribution in [-0.2, 0) is 7.05 Å². The third kappa shape index (κ3) is 3.68. The topological polar surface area (TPSA) is 95.1 Å². The Labute approximate surface area is 121 Å². The second-order valence-corrected chi connectivity index (χ2v) is 4.58. The van der Waals surface area contributed by atoms with Gasteiger partial charge in [0.2, 0.25) is 11.8 Å². The molecule has 0 fully saturated rings. The fourth-order valence-electron chi connectivity index (χ4n) is 1.78. The lowest BCUT2D eigenvalue weighted by atomic mass is 10.3. The van der Waals surface area contributed by atoms with Crippen LogP contribution in [0.25, 0.3) is 0 Å². The average Bonchev–Trinajstić information content (AvgIpc) is 2.74. The standard InChI is InChI=1S/C13H17N5O3/c1-4-5-14-11-7-10(18(19)20)8-12(15-11)21-13-6-9(2)16-17(13)3/h6-8H,4-5H2,1-3H3,(H,14,15). The van der Waals surface area contributed by atoms with Crippen molar-refractivity contribution in [2.75, 3.05) is 11.9 Å². The summed E-state index contributed by atoms with van der Waals surface area (Å²) in [4.78, 5) is 14.7. The van der Waals surface area contributed by atoms with Gasteiger partial charge in [0, 0.05) is 19.7 Å². The van der Waals surface area contributed by atoms with Gasteiger partial charge in [-0.15, -0.1) is 0 Å². The normalized spacial score (nSPS) is 10.4. The third-order valence-corrected chi connectivity index (χ3v) is 2.72. The first kappa shape index (κ1) is 14.8. The van der Waals surface area contributed by atoms with E-state index in [9.17, 15) is 10.1 Å². The molecule has 0 aliphatic carbocycles. The van der Waals surface area contributed by atoms with Crippen molar-refractivity contribution >= 4 is 11.5 Å². The number of nitro groups is 1. The number of ether oxygens (including phenoxy) is 1. The third-order valence-electron chi connectivity index (χ3n) is 2.72. The maximum absolute atomic E-state index is 11.0. The first-order valence-corrected chi connectivity index (χ1v) is 6.58. The maximum Gasteiger partial charge on any atom is 0.278 e. The van der Waals surface area contributed by atoms with Gasteiger partial charge in [-0.3, -0.25) is 10.1 Å². The van der Waals surface area contributed by atoms with E-state index in [-0.39, 0.29) is 11.6 Å². The highest BCUT2D eigenvalue weighted by Gasteiger charge is 2.14. The Bertz CT molecular complexity index is 653. The summed E-state index contributed by atoms with van der Waals surface area (Å²) >= 11 is 0. The number of nitrogens with one attached hydrogen (secondary N) is 1. The monoisotopic (exact) mass is 291 g/mol. The van der Waals surface area contributed by atoms with Crippen LogP contribution in [-0.4, -0.2) is 26.2 Å². The fourth-order valence-corrected chi connectivity index (χ4v) is 1.78. The van der Waals surface area contributed by atoms with Gasteiger partial charge in [-0.1, -0.05) is 6.92 Å². The number of nitrogens with zero attached hydrogens (tertiary/aromatic N) is 4. The van der Waals surface area contributed by atoms with Crippen molar-refractivity contribution < 1.29 is 9.66 Å². The molecule has 8 heteroatoms. The number of aryl methyl sites for hydroxylation is 2. The van der Waals surface area contributed by atoms with E-state index in [1.54, 1.807) is 17.8 Å². The minimum atomic E-state index is -0.472. The molecule has 0 amide bonds. The Morgan fingerprint density at radius 2 is 2.19 bits per heavy atom. The van der Waals surface area contributed by atoms with Crippen LogP contribution < -0.4 is 10.1 Å². The highest BCUT2D eigenvalue weighted by molar-refractivity contribution is 5.48. The van der Waals surface area contributed by atoms with Crippen molar-refractivity contribution in [3.05, 3.63) is 34.0 Å². The SMILES string of the molecule is CCCNc1cc([N+](=O)[O-])cc(Oc2cc(C)nn2C)n1. The van der Waals surface area contributed by atoms with Gasteiger partial charge in [0.1, 0.15) is 5.82 Å². The summed E-state index contributed by atoms with van der Waals surface area (Å²) in [7, 11) is 1.73. The van der Waals surface area contributed by atoms with Crippen LogP contribution >= 0.6 is 0 Å². The molecule has 2 rings (SSSR count). The second-order valence-electron chi connectivity index (χ2n) is 4.58. The van der Waals surface area contributed by atoms with Crippen molar-refractivity contribution in [2.24, 2.45) is 7.05 Å². The molecule has 0 aliphatic heterocycles. The van der Waals surface area contributed by atoms with Gasteiger partial charge in [0.25, 0.3) is 5.69 Å². The van der Waals surface area contributed by atoms with E-state index >= 15 is 0 Å². The quantitative estimate of drug-likeness (QED) is 0.649. The molecule has 0 radical (unpaired) electrons. The van der Waals surface area contributed by atoms with Gasteiger partial charge < -0.3 is 10.1 Å². The molecule has 112 valence electrons. The first-order valence-electron chi connectivity index (χ1n) is 6.58. The highest BCUT2D eigenvalue weighted by Crippen LogP contribution is 2.26. The number of rotatable bonds is 6. The van der Waals surface area contributed by atoms with E-state index in [4.69, 9.17) is 4.74 Å². The zero-order valence-corrected chi connectivity index (χ0v) is 12.2. The smallest absolute Gasteiger partial charge is 0.278 e. The van der Waals surface area contributed by atoms with E-state index < -0.39 is 4.92 Å². The Hall–Kier alpha value is -2.64. The largest absolute Gasteiger partial charge is 0.421 e. The molecule has 1 N–H and O–H groups in total. The minimum Gasteiger partial charge on any atom is -0.421 e. The van der Waals surface area contributed by atoms with Gasteiger partial charge in [-0.25, -0.2) is 4.68 Å². The molecule has 0 aromatic carbocycles. The van der Waals surface area contributed by atoms with Gasteiger partial charge >= 0.3 is 0 Å². The Morgan fingerprint density at radius 3 is 2.76 bits per heavy atom. The summed E-state index contributed by atoms with van der Waals surface area (Å²) in [6.45, 7) is 4.51. The molecular formula is C13H17N5O3. The minimum absolute atomic E-state index is 0.0718. The number of hydrogen-bond donors (Lipinski definition) is 1. The lowest BCUT2D eigenvalue weighted by Gasteiger charge is -2.08. The van der Waals surface area contributed by atoms with Gasteiger partial charge in [-0.05, 0) is 13.3 Å². The summed E-state index contributed by atoms with van der Waals surface area (Å²) in [5, 5.41) is 18.1. The van der Waals surface area contributed by atoms with Crippen LogP contribution in [0.5, 0.6) is 11.8 Å². The average molecular weight is 291 g/mol. The van der Waals surface area contributed by atoms with Crippen molar-refractivity contribution in [1.29, 1.82) is 0 Å². The van der Waals surface area contributed by atoms with Crippen LogP contribution in [0.2, 0.25) is 0 Å². The number of pyridine rings is 1. The molecule has 2 aromatic rings. The molecule has 0 aliphatic rings. The van der Waals surface area contributed by atoms with E-state index in [1.807, 2.05) is 13.8 Å². The molecule has 2 aromatic heterocycles. The van der Waals surface area contributed by atoms with Crippen LogP contribution in [0.4, 0.5) is 11.5 Å². The van der Waals surface area contributed by atoms with E-state index in [1.165, 1.54) is 12.1 Å². The number of anilines is 1. The van der Waals surface area contributed by atoms with Crippen LogP contribution in [0.3, 0.4) is 0 Å². The molecule has 0 atom stereocenters. The van der Waals surface area contributed by atoms with Crippen molar-refractivity contribution in [2.45, 2.75) is 20.3 Å². The van der Waals surface area contributed by atoms with Crippen molar-refractivity contribution in [3.63, 3.8) is 0 Å². The lowest BCUT2D eigenvalue weighted by Crippen LogP contribution is -2.04. The molecule has 0 spiro atoms. The van der Waals surface area contributed by atoms with Gasteiger partial charge in [0.05, 0.1) is 22.7 Å². The zero-order chi connectivity index (χ0) is 15.4. The molecule has 2 heterocycles. The zero-order valence-electron chi connectivity index (χ0n) is 12.2. The predicted molar refractivity (Wildman–Crippen MR) is 77.7 cm³/mol. The fraction of sp³-hybridized carbons (Fsp3) is 0.385. The molecule has 0 unspecified atom stereocenters. The van der Waals surface area contributed by atoms with Crippen molar-refractivity contribution in [1.82, 2.24) is 14.8 Å². The lowest BCUT2D eigenvalue weighted by molar-refractivity contribution is -0.384. The highest BCUT2D eigenvalue weighted by atomic mass is 16.6. The maximum atomic E-state index is 11.0. The summed E-state index contributed by atoms with van der Waals surface area (Å²) in [5.74, 6) is 1.05. The summed E-state index contributed by atoms with van der Waals surface area (Å²) in [6.07, 6.45) is 0.890. The Kier molecular flexibility index (Phi) is 4.36. The predicted octanol–water partition coefficient (Wildman–Crippen LogP) is 2.65. The Morgan fingerprint density at radius 1 is 1.43 bits per heavy atom.